The number of aryl methyl sites for hydroxylation is 1. The molecule has 0 radical (unpaired) electrons. The summed E-state index contributed by atoms with van der Waals surface area (Å²) in [6, 6.07) is 10.4. The Morgan fingerprint density at radius 2 is 2.14 bits per heavy atom. The second kappa shape index (κ2) is 6.90. The van der Waals surface area contributed by atoms with Crippen molar-refractivity contribution in [3.05, 3.63) is 68.5 Å². The standard InChI is InChI=1S/C20H13BrClFN4OS/c1-9-17-11(18-12(22)3-2-4-13(18)23)8-16(28)25-19(17)27(26-9)20-24-14-6-5-10(21)7-15(14)29-20/h2-7,11H,8H2,1H3,(H,25,28). The highest BCUT2D eigenvalue weighted by Crippen LogP contribution is 2.43. The first-order valence-electron chi connectivity index (χ1n) is 8.82. The molecule has 0 spiro atoms. The van der Waals surface area contributed by atoms with Gasteiger partial charge in [0.05, 0.1) is 15.9 Å². The quantitative estimate of drug-likeness (QED) is 0.384. The summed E-state index contributed by atoms with van der Waals surface area (Å²) in [5, 5.41) is 8.44. The number of aromatic nitrogens is 3. The zero-order chi connectivity index (χ0) is 20.3. The fourth-order valence-electron chi connectivity index (χ4n) is 3.75. The molecule has 3 heterocycles. The van der Waals surface area contributed by atoms with Crippen molar-refractivity contribution in [2.75, 3.05) is 5.32 Å². The second-order valence-corrected chi connectivity index (χ2v) is 9.14. The lowest BCUT2D eigenvalue weighted by Crippen LogP contribution is -2.25. The van der Waals surface area contributed by atoms with Gasteiger partial charge in [0.2, 0.25) is 11.0 Å². The Hall–Kier alpha value is -2.29. The summed E-state index contributed by atoms with van der Waals surface area (Å²) >= 11 is 11.2. The van der Waals surface area contributed by atoms with Gasteiger partial charge in [0.15, 0.2) is 0 Å². The lowest BCUT2D eigenvalue weighted by Gasteiger charge is -2.25. The van der Waals surface area contributed by atoms with Crippen LogP contribution in [0.2, 0.25) is 5.02 Å². The highest BCUT2D eigenvalue weighted by atomic mass is 79.9. The number of anilines is 1. The molecule has 2 aromatic heterocycles. The molecule has 2 aromatic carbocycles. The van der Waals surface area contributed by atoms with Gasteiger partial charge < -0.3 is 5.32 Å². The summed E-state index contributed by atoms with van der Waals surface area (Å²) in [6.07, 6.45) is 0.104. The first kappa shape index (κ1) is 18.7. The minimum atomic E-state index is -0.510. The van der Waals surface area contributed by atoms with Gasteiger partial charge in [-0.15, -0.1) is 0 Å². The highest BCUT2D eigenvalue weighted by molar-refractivity contribution is 9.10. The topological polar surface area (TPSA) is 59.8 Å². The van der Waals surface area contributed by atoms with Crippen molar-refractivity contribution in [1.29, 1.82) is 0 Å². The van der Waals surface area contributed by atoms with Crippen LogP contribution in [-0.4, -0.2) is 20.7 Å². The molecule has 5 nitrogen and oxygen atoms in total. The van der Waals surface area contributed by atoms with Gasteiger partial charge in [-0.2, -0.15) is 9.78 Å². The van der Waals surface area contributed by atoms with E-state index < -0.39 is 11.7 Å². The van der Waals surface area contributed by atoms with Crippen LogP contribution >= 0.6 is 38.9 Å². The average Bonchev–Trinajstić information content (AvgIpc) is 3.22. The van der Waals surface area contributed by atoms with Gasteiger partial charge in [-0.1, -0.05) is 44.9 Å². The molecule has 1 atom stereocenters. The van der Waals surface area contributed by atoms with Crippen molar-refractivity contribution in [3.63, 3.8) is 0 Å². The third kappa shape index (κ3) is 3.06. The summed E-state index contributed by atoms with van der Waals surface area (Å²) in [6.45, 7) is 1.85. The Bertz CT molecular complexity index is 1280. The Morgan fingerprint density at radius 1 is 1.31 bits per heavy atom. The van der Waals surface area contributed by atoms with Crippen molar-refractivity contribution in [3.8, 4) is 5.13 Å². The van der Waals surface area contributed by atoms with Gasteiger partial charge in [0.1, 0.15) is 11.6 Å². The van der Waals surface area contributed by atoms with Crippen LogP contribution in [0.1, 0.15) is 29.2 Å². The fourth-order valence-corrected chi connectivity index (χ4v) is 5.52. The number of nitrogens with one attached hydrogen (secondary N) is 1. The maximum absolute atomic E-state index is 14.6. The van der Waals surface area contributed by atoms with Crippen LogP contribution in [-0.2, 0) is 4.79 Å². The monoisotopic (exact) mass is 490 g/mol. The van der Waals surface area contributed by atoms with Crippen molar-refractivity contribution in [1.82, 2.24) is 14.8 Å². The molecule has 146 valence electrons. The highest BCUT2D eigenvalue weighted by Gasteiger charge is 2.35. The number of amides is 1. The van der Waals surface area contributed by atoms with E-state index in [1.165, 1.54) is 17.4 Å². The van der Waals surface area contributed by atoms with E-state index in [0.29, 0.717) is 27.2 Å². The number of fused-ring (bicyclic) bond motifs is 2. The average molecular weight is 492 g/mol. The van der Waals surface area contributed by atoms with Gasteiger partial charge in [-0.3, -0.25) is 4.79 Å². The molecule has 1 N–H and O–H groups in total. The fraction of sp³-hybridized carbons (Fsp3) is 0.150. The maximum atomic E-state index is 14.6. The van der Waals surface area contributed by atoms with Crippen molar-refractivity contribution < 1.29 is 9.18 Å². The Kier molecular flexibility index (Phi) is 4.45. The van der Waals surface area contributed by atoms with E-state index in [-0.39, 0.29) is 12.3 Å². The number of nitrogens with zero attached hydrogens (tertiary/aromatic N) is 3. The zero-order valence-electron chi connectivity index (χ0n) is 15.0. The van der Waals surface area contributed by atoms with E-state index in [2.05, 4.69) is 31.3 Å². The van der Waals surface area contributed by atoms with Crippen LogP contribution in [0.5, 0.6) is 0 Å². The number of rotatable bonds is 2. The number of carbonyl (C=O) groups is 1. The summed E-state index contributed by atoms with van der Waals surface area (Å²) < 4.78 is 18.2. The van der Waals surface area contributed by atoms with E-state index in [1.807, 2.05) is 25.1 Å². The van der Waals surface area contributed by atoms with Gasteiger partial charge in [-0.05, 0) is 37.3 Å². The lowest BCUT2D eigenvalue weighted by atomic mass is 9.85. The minimum absolute atomic E-state index is 0.104. The molecule has 1 amide bonds. The van der Waals surface area contributed by atoms with Crippen molar-refractivity contribution in [2.45, 2.75) is 19.3 Å². The van der Waals surface area contributed by atoms with Crippen molar-refractivity contribution in [2.24, 2.45) is 0 Å². The molecule has 1 aliphatic heterocycles. The number of thiazole rings is 1. The van der Waals surface area contributed by atoms with E-state index in [4.69, 9.17) is 11.6 Å². The Morgan fingerprint density at radius 3 is 2.93 bits per heavy atom. The number of benzene rings is 2. The second-order valence-electron chi connectivity index (χ2n) is 6.81. The third-order valence-electron chi connectivity index (χ3n) is 4.97. The molecule has 0 saturated carbocycles. The van der Waals surface area contributed by atoms with Crippen LogP contribution < -0.4 is 5.32 Å². The molecule has 4 aromatic rings. The van der Waals surface area contributed by atoms with Gasteiger partial charge in [0, 0.05) is 33.0 Å². The van der Waals surface area contributed by atoms with Gasteiger partial charge in [-0.25, -0.2) is 9.37 Å². The van der Waals surface area contributed by atoms with Crippen LogP contribution in [0, 0.1) is 12.7 Å². The molecule has 0 bridgehead atoms. The molecule has 9 heteroatoms. The molecule has 0 fully saturated rings. The number of hydrogen-bond acceptors (Lipinski definition) is 4. The summed E-state index contributed by atoms with van der Waals surface area (Å²) in [5.74, 6) is -0.641. The van der Waals surface area contributed by atoms with Gasteiger partial charge >= 0.3 is 0 Å². The molecule has 1 aliphatic rings. The van der Waals surface area contributed by atoms with E-state index in [1.54, 1.807) is 16.8 Å². The normalized spacial score (nSPS) is 16.1. The summed E-state index contributed by atoms with van der Waals surface area (Å²) in [7, 11) is 0. The first-order chi connectivity index (χ1) is 13.9. The van der Waals surface area contributed by atoms with Crippen LogP contribution in [0.25, 0.3) is 15.3 Å². The molecule has 5 rings (SSSR count). The zero-order valence-corrected chi connectivity index (χ0v) is 18.2. The summed E-state index contributed by atoms with van der Waals surface area (Å²) in [4.78, 5) is 17.2. The Balaban J connectivity index is 1.71. The molecular weight excluding hydrogens is 479 g/mol. The van der Waals surface area contributed by atoms with E-state index in [9.17, 15) is 9.18 Å². The molecule has 29 heavy (non-hydrogen) atoms. The first-order valence-corrected chi connectivity index (χ1v) is 10.8. The molecule has 1 unspecified atom stereocenters. The molecule has 0 aliphatic carbocycles. The van der Waals surface area contributed by atoms with E-state index in [0.717, 1.165) is 20.3 Å². The van der Waals surface area contributed by atoms with Gasteiger partial charge in [0.25, 0.3) is 0 Å². The van der Waals surface area contributed by atoms with E-state index >= 15 is 0 Å². The minimum Gasteiger partial charge on any atom is -0.310 e. The number of halogens is 3. The van der Waals surface area contributed by atoms with Crippen LogP contribution in [0.3, 0.4) is 0 Å². The number of carbonyl (C=O) groups excluding carboxylic acids is 1. The lowest BCUT2D eigenvalue weighted by molar-refractivity contribution is -0.116. The maximum Gasteiger partial charge on any atom is 0.226 e. The summed E-state index contributed by atoms with van der Waals surface area (Å²) in [5.41, 5.74) is 2.62. The SMILES string of the molecule is Cc1nn(-c2nc3ccc(Br)cc3s2)c2c1C(c1c(F)cccc1Cl)CC(=O)N2. The molecule has 0 saturated heterocycles. The van der Waals surface area contributed by atoms with Crippen molar-refractivity contribution >= 4 is 60.8 Å². The Labute approximate surface area is 182 Å². The van der Waals surface area contributed by atoms with Crippen LogP contribution in [0.15, 0.2) is 40.9 Å². The smallest absolute Gasteiger partial charge is 0.226 e. The van der Waals surface area contributed by atoms with Crippen LogP contribution in [0.4, 0.5) is 10.2 Å². The molecular formula is C20H13BrClFN4OS. The predicted octanol–water partition coefficient (Wildman–Crippen LogP) is 5.82. The third-order valence-corrected chi connectivity index (χ3v) is 6.79. The largest absolute Gasteiger partial charge is 0.310 e. The predicted molar refractivity (Wildman–Crippen MR) is 116 cm³/mol. The number of hydrogen-bond donors (Lipinski definition) is 1.